The molecule has 0 aromatic carbocycles. The zero-order chi connectivity index (χ0) is 14.7. The van der Waals surface area contributed by atoms with Gasteiger partial charge in [0.1, 0.15) is 0 Å². The third-order valence-electron chi connectivity index (χ3n) is 3.15. The van der Waals surface area contributed by atoms with Crippen molar-refractivity contribution in [1.82, 2.24) is 10.2 Å². The molecule has 2 rings (SSSR count). The lowest BCUT2D eigenvalue weighted by Crippen LogP contribution is -2.36. The first-order valence-corrected chi connectivity index (χ1v) is 7.70. The largest absolute Gasteiger partial charge is 0.351 e. The first-order valence-electron chi connectivity index (χ1n) is 6.89. The van der Waals surface area contributed by atoms with Crippen molar-refractivity contribution in [2.24, 2.45) is 0 Å². The van der Waals surface area contributed by atoms with Gasteiger partial charge in [0.25, 0.3) is 5.91 Å². The molecule has 0 radical (unpaired) electrons. The Kier molecular flexibility index (Phi) is 4.77. The van der Waals surface area contributed by atoms with Crippen LogP contribution in [0.2, 0.25) is 0 Å². The normalized spacial score (nSPS) is 13.7. The molecule has 110 valence electrons. The molecule has 0 saturated carbocycles. The molecule has 0 bridgehead atoms. The lowest BCUT2D eigenvalue weighted by molar-refractivity contribution is -0.119. The van der Waals surface area contributed by atoms with Gasteiger partial charge >= 0.3 is 0 Å². The number of carbonyl (C=O) groups excluding carboxylic acids is 2. The van der Waals surface area contributed by atoms with Crippen LogP contribution < -0.4 is 10.2 Å². The molecular weight excluding hydrogens is 274 g/mol. The fourth-order valence-corrected chi connectivity index (χ4v) is 3.28. The minimum Gasteiger partial charge on any atom is -0.351 e. The molecule has 0 spiro atoms. The van der Waals surface area contributed by atoms with Gasteiger partial charge in [-0.05, 0) is 26.6 Å². The summed E-state index contributed by atoms with van der Waals surface area (Å²) in [6, 6.07) is 1.85. The molecule has 1 aliphatic heterocycles. The summed E-state index contributed by atoms with van der Waals surface area (Å²) in [4.78, 5) is 29.6. The van der Waals surface area contributed by atoms with E-state index >= 15 is 0 Å². The molecule has 0 atom stereocenters. The van der Waals surface area contributed by atoms with Gasteiger partial charge in [0.2, 0.25) is 5.91 Å². The summed E-state index contributed by atoms with van der Waals surface area (Å²) >= 11 is 1.50. The van der Waals surface area contributed by atoms with Crippen LogP contribution >= 0.6 is 11.3 Å². The molecule has 20 heavy (non-hydrogen) atoms. The second kappa shape index (κ2) is 6.37. The summed E-state index contributed by atoms with van der Waals surface area (Å²) < 4.78 is 0. The lowest BCUT2D eigenvalue weighted by Gasteiger charge is -2.18. The van der Waals surface area contributed by atoms with Crippen LogP contribution in [0.1, 0.15) is 27.9 Å². The van der Waals surface area contributed by atoms with Gasteiger partial charge in [0, 0.05) is 24.4 Å². The average Bonchev–Trinajstić information content (AvgIpc) is 2.94. The van der Waals surface area contributed by atoms with Crippen molar-refractivity contribution in [2.75, 3.05) is 38.6 Å². The standard InChI is InChI=1S/C14H21N3O2S/c1-4-6-15-14(19)12-8-10-11(20-12)5-7-17(10)13(18)9-16(2)3/h8H,4-7,9H2,1-3H3,(H,15,19). The Hall–Kier alpha value is -1.40. The van der Waals surface area contributed by atoms with Crippen molar-refractivity contribution < 1.29 is 9.59 Å². The zero-order valence-electron chi connectivity index (χ0n) is 12.2. The van der Waals surface area contributed by atoms with Crippen molar-refractivity contribution in [3.05, 3.63) is 15.8 Å². The number of rotatable bonds is 5. The summed E-state index contributed by atoms with van der Waals surface area (Å²) in [6.07, 6.45) is 1.77. The van der Waals surface area contributed by atoms with Gasteiger partial charge in [0.05, 0.1) is 17.1 Å². The second-order valence-electron chi connectivity index (χ2n) is 5.21. The van der Waals surface area contributed by atoms with Crippen LogP contribution in [0.4, 0.5) is 5.69 Å². The van der Waals surface area contributed by atoms with Gasteiger partial charge in [-0.15, -0.1) is 11.3 Å². The van der Waals surface area contributed by atoms with E-state index in [0.29, 0.717) is 18.0 Å². The number of nitrogens with zero attached hydrogens (tertiary/aromatic N) is 2. The van der Waals surface area contributed by atoms with E-state index < -0.39 is 0 Å². The Bertz CT molecular complexity index is 511. The monoisotopic (exact) mass is 295 g/mol. The third-order valence-corrected chi connectivity index (χ3v) is 4.33. The van der Waals surface area contributed by atoms with Crippen molar-refractivity contribution in [2.45, 2.75) is 19.8 Å². The minimum absolute atomic E-state index is 0.0359. The number of carbonyl (C=O) groups is 2. The van der Waals surface area contributed by atoms with Crippen LogP contribution in [0.25, 0.3) is 0 Å². The molecule has 0 saturated heterocycles. The Morgan fingerprint density at radius 2 is 2.20 bits per heavy atom. The number of thiophene rings is 1. The Morgan fingerprint density at radius 3 is 2.85 bits per heavy atom. The first kappa shape index (κ1) is 15.0. The number of fused-ring (bicyclic) bond motifs is 1. The number of amides is 2. The lowest BCUT2D eigenvalue weighted by atomic mass is 10.3. The van der Waals surface area contributed by atoms with Gasteiger partial charge in [-0.3, -0.25) is 9.59 Å². The van der Waals surface area contributed by atoms with Gasteiger partial charge in [-0.25, -0.2) is 0 Å². The number of likely N-dealkylation sites (N-methyl/N-ethyl adjacent to an activating group) is 1. The van der Waals surface area contributed by atoms with Gasteiger partial charge in [0.15, 0.2) is 0 Å². The molecule has 2 heterocycles. The molecule has 1 aromatic rings. The minimum atomic E-state index is -0.0359. The van der Waals surface area contributed by atoms with Crippen LogP contribution in [0.3, 0.4) is 0 Å². The predicted molar refractivity (Wildman–Crippen MR) is 81.6 cm³/mol. The van der Waals surface area contributed by atoms with E-state index in [4.69, 9.17) is 0 Å². The third kappa shape index (κ3) is 3.19. The van der Waals surface area contributed by atoms with Crippen LogP contribution in [-0.2, 0) is 11.2 Å². The van der Waals surface area contributed by atoms with E-state index in [2.05, 4.69) is 5.32 Å². The Labute approximate surface area is 123 Å². The van der Waals surface area contributed by atoms with Gasteiger partial charge < -0.3 is 15.1 Å². The zero-order valence-corrected chi connectivity index (χ0v) is 13.0. The van der Waals surface area contributed by atoms with Gasteiger partial charge in [-0.2, -0.15) is 0 Å². The molecule has 1 aliphatic rings. The molecule has 5 nitrogen and oxygen atoms in total. The van der Waals surface area contributed by atoms with Crippen molar-refractivity contribution in [3.63, 3.8) is 0 Å². The van der Waals surface area contributed by atoms with E-state index in [0.717, 1.165) is 30.0 Å². The highest BCUT2D eigenvalue weighted by Crippen LogP contribution is 2.35. The van der Waals surface area contributed by atoms with Crippen LogP contribution in [-0.4, -0.2) is 50.4 Å². The van der Waals surface area contributed by atoms with E-state index in [-0.39, 0.29) is 11.8 Å². The quantitative estimate of drug-likeness (QED) is 0.892. The van der Waals surface area contributed by atoms with Crippen LogP contribution in [0.5, 0.6) is 0 Å². The molecule has 2 amide bonds. The summed E-state index contributed by atoms with van der Waals surface area (Å²) in [5.41, 5.74) is 0.920. The molecular formula is C14H21N3O2S. The molecule has 1 aromatic heterocycles. The fraction of sp³-hybridized carbons (Fsp3) is 0.571. The predicted octanol–water partition coefficient (Wildman–Crippen LogP) is 1.34. The molecule has 0 fully saturated rings. The van der Waals surface area contributed by atoms with Crippen molar-refractivity contribution in [1.29, 1.82) is 0 Å². The maximum absolute atomic E-state index is 12.2. The number of hydrogen-bond donors (Lipinski definition) is 1. The fourth-order valence-electron chi connectivity index (χ4n) is 2.21. The van der Waals surface area contributed by atoms with Crippen LogP contribution in [0, 0.1) is 0 Å². The Balaban J connectivity index is 2.10. The molecule has 6 heteroatoms. The maximum Gasteiger partial charge on any atom is 0.261 e. The summed E-state index contributed by atoms with van der Waals surface area (Å²) in [5.74, 6) is 0.0540. The molecule has 0 unspecified atom stereocenters. The summed E-state index contributed by atoms with van der Waals surface area (Å²) in [5, 5.41) is 2.87. The average molecular weight is 295 g/mol. The Morgan fingerprint density at radius 1 is 1.45 bits per heavy atom. The SMILES string of the molecule is CCCNC(=O)c1cc2c(s1)CCN2C(=O)CN(C)C. The topological polar surface area (TPSA) is 52.7 Å². The second-order valence-corrected chi connectivity index (χ2v) is 6.34. The summed E-state index contributed by atoms with van der Waals surface area (Å²) in [7, 11) is 3.76. The van der Waals surface area contributed by atoms with Crippen molar-refractivity contribution in [3.8, 4) is 0 Å². The maximum atomic E-state index is 12.2. The van der Waals surface area contributed by atoms with Crippen molar-refractivity contribution >= 4 is 28.8 Å². The highest BCUT2D eigenvalue weighted by Gasteiger charge is 2.28. The first-order chi connectivity index (χ1) is 9.52. The van der Waals surface area contributed by atoms with Gasteiger partial charge in [-0.1, -0.05) is 6.92 Å². The number of nitrogens with one attached hydrogen (secondary N) is 1. The smallest absolute Gasteiger partial charge is 0.261 e. The van der Waals surface area contributed by atoms with Crippen LogP contribution in [0.15, 0.2) is 6.07 Å². The van der Waals surface area contributed by atoms with E-state index in [1.165, 1.54) is 11.3 Å². The summed E-state index contributed by atoms with van der Waals surface area (Å²) in [6.45, 7) is 3.83. The highest BCUT2D eigenvalue weighted by molar-refractivity contribution is 7.14. The van der Waals surface area contributed by atoms with E-state index in [1.54, 1.807) is 4.90 Å². The van der Waals surface area contributed by atoms with E-state index in [1.807, 2.05) is 32.0 Å². The molecule has 1 N–H and O–H groups in total. The number of hydrogen-bond acceptors (Lipinski definition) is 4. The highest BCUT2D eigenvalue weighted by atomic mass is 32.1. The number of anilines is 1. The molecule has 0 aliphatic carbocycles. The van der Waals surface area contributed by atoms with E-state index in [9.17, 15) is 9.59 Å².